The van der Waals surface area contributed by atoms with E-state index in [-0.39, 0.29) is 5.91 Å². The monoisotopic (exact) mass is 264 g/mol. The molecule has 0 unspecified atom stereocenters. The van der Waals surface area contributed by atoms with E-state index in [0.29, 0.717) is 19.5 Å². The molecule has 0 saturated heterocycles. The number of nitrogens with zero attached hydrogens (tertiary/aromatic N) is 1. The van der Waals surface area contributed by atoms with E-state index in [4.69, 9.17) is 10.5 Å². The minimum atomic E-state index is -0.422. The Kier molecular flexibility index (Phi) is 5.51. The molecule has 0 bridgehead atoms. The van der Waals surface area contributed by atoms with E-state index in [2.05, 4.69) is 0 Å². The highest BCUT2D eigenvalue weighted by molar-refractivity contribution is 5.76. The molecule has 0 aliphatic rings. The zero-order chi connectivity index (χ0) is 14.5. The minimum Gasteiger partial charge on any atom is -0.378 e. The predicted octanol–water partition coefficient (Wildman–Crippen LogP) is 1.92. The largest absolute Gasteiger partial charge is 0.378 e. The molecule has 0 aromatic heterocycles. The van der Waals surface area contributed by atoms with Crippen LogP contribution in [0.5, 0.6) is 0 Å². The van der Waals surface area contributed by atoms with E-state index in [1.807, 2.05) is 45.2 Å². The highest BCUT2D eigenvalue weighted by Gasteiger charge is 2.23. The first-order valence-electron chi connectivity index (χ1n) is 6.45. The molecular formula is C15H24N2O2. The summed E-state index contributed by atoms with van der Waals surface area (Å²) >= 11 is 0. The number of rotatable bonds is 6. The van der Waals surface area contributed by atoms with Crippen LogP contribution in [-0.2, 0) is 22.6 Å². The summed E-state index contributed by atoms with van der Waals surface area (Å²) in [7, 11) is 3.43. The third kappa shape index (κ3) is 5.01. The minimum absolute atomic E-state index is 0.0785. The topological polar surface area (TPSA) is 55.6 Å². The van der Waals surface area contributed by atoms with Crippen molar-refractivity contribution in [2.75, 3.05) is 14.2 Å². The molecule has 2 N–H and O–H groups in total. The summed E-state index contributed by atoms with van der Waals surface area (Å²) in [6.45, 7) is 4.96. The molecule has 1 rings (SSSR count). The van der Waals surface area contributed by atoms with Crippen LogP contribution in [0, 0.1) is 0 Å². The van der Waals surface area contributed by atoms with Crippen molar-refractivity contribution in [1.29, 1.82) is 0 Å². The van der Waals surface area contributed by atoms with Gasteiger partial charge < -0.3 is 15.4 Å². The van der Waals surface area contributed by atoms with Crippen LogP contribution < -0.4 is 5.73 Å². The normalized spacial score (nSPS) is 11.4. The molecule has 0 aliphatic heterocycles. The van der Waals surface area contributed by atoms with Gasteiger partial charge in [-0.05, 0) is 25.0 Å². The summed E-state index contributed by atoms with van der Waals surface area (Å²) in [5, 5.41) is 0. The van der Waals surface area contributed by atoms with Crippen molar-refractivity contribution >= 4 is 5.91 Å². The number of methoxy groups -OCH3 is 1. The van der Waals surface area contributed by atoms with E-state index in [9.17, 15) is 4.79 Å². The highest BCUT2D eigenvalue weighted by atomic mass is 16.5. The van der Waals surface area contributed by atoms with Gasteiger partial charge in [-0.15, -0.1) is 0 Å². The third-order valence-corrected chi connectivity index (χ3v) is 3.23. The fraction of sp³-hybridized carbons (Fsp3) is 0.533. The molecule has 0 heterocycles. The van der Waals surface area contributed by atoms with Gasteiger partial charge in [0.05, 0.1) is 12.0 Å². The van der Waals surface area contributed by atoms with Gasteiger partial charge in [0.1, 0.15) is 0 Å². The molecule has 106 valence electrons. The number of hydrogen-bond acceptors (Lipinski definition) is 3. The van der Waals surface area contributed by atoms with E-state index in [1.54, 1.807) is 12.0 Å². The Morgan fingerprint density at radius 2 is 1.79 bits per heavy atom. The van der Waals surface area contributed by atoms with Crippen LogP contribution in [0.4, 0.5) is 0 Å². The second kappa shape index (κ2) is 6.68. The van der Waals surface area contributed by atoms with Gasteiger partial charge in [0.15, 0.2) is 0 Å². The van der Waals surface area contributed by atoms with Crippen LogP contribution >= 0.6 is 0 Å². The van der Waals surface area contributed by atoms with Gasteiger partial charge in [-0.3, -0.25) is 4.79 Å². The molecular weight excluding hydrogens is 240 g/mol. The average molecular weight is 264 g/mol. The highest BCUT2D eigenvalue weighted by Crippen LogP contribution is 2.15. The molecule has 19 heavy (non-hydrogen) atoms. The summed E-state index contributed by atoms with van der Waals surface area (Å²) in [6.07, 6.45) is 0.376. The number of amides is 1. The van der Waals surface area contributed by atoms with Gasteiger partial charge in [0, 0.05) is 27.2 Å². The number of carbonyl (C=O) groups is 1. The third-order valence-electron chi connectivity index (χ3n) is 3.23. The summed E-state index contributed by atoms with van der Waals surface area (Å²) < 4.78 is 5.28. The number of benzene rings is 1. The first-order chi connectivity index (χ1) is 8.88. The Balaban J connectivity index is 2.58. The van der Waals surface area contributed by atoms with Crippen molar-refractivity contribution in [2.24, 2.45) is 5.73 Å². The predicted molar refractivity (Wildman–Crippen MR) is 76.5 cm³/mol. The molecule has 0 aliphatic carbocycles. The summed E-state index contributed by atoms with van der Waals surface area (Å²) in [6, 6.07) is 8.00. The Morgan fingerprint density at radius 3 is 2.26 bits per heavy atom. The zero-order valence-corrected chi connectivity index (χ0v) is 12.3. The summed E-state index contributed by atoms with van der Waals surface area (Å²) in [4.78, 5) is 13.8. The van der Waals surface area contributed by atoms with Crippen molar-refractivity contribution in [3.63, 3.8) is 0 Å². The molecule has 0 atom stereocenters. The number of ether oxygens (including phenoxy) is 1. The second-order valence-electron chi connectivity index (χ2n) is 5.41. The van der Waals surface area contributed by atoms with Gasteiger partial charge in [0.25, 0.3) is 0 Å². The van der Waals surface area contributed by atoms with Crippen molar-refractivity contribution in [1.82, 2.24) is 4.90 Å². The molecule has 4 heteroatoms. The van der Waals surface area contributed by atoms with Crippen LogP contribution in [0.2, 0.25) is 0 Å². The lowest BCUT2D eigenvalue weighted by Gasteiger charge is -2.25. The molecule has 4 nitrogen and oxygen atoms in total. The lowest BCUT2D eigenvalue weighted by molar-refractivity contribution is -0.135. The molecule has 1 aromatic carbocycles. The summed E-state index contributed by atoms with van der Waals surface area (Å²) in [5.74, 6) is 0.0785. The van der Waals surface area contributed by atoms with Gasteiger partial charge in [-0.1, -0.05) is 24.3 Å². The maximum absolute atomic E-state index is 12.1. The van der Waals surface area contributed by atoms with Crippen LogP contribution in [0.3, 0.4) is 0 Å². The van der Waals surface area contributed by atoms with Gasteiger partial charge in [-0.25, -0.2) is 0 Å². The molecule has 0 spiro atoms. The van der Waals surface area contributed by atoms with Crippen molar-refractivity contribution < 1.29 is 9.53 Å². The fourth-order valence-electron chi connectivity index (χ4n) is 1.71. The van der Waals surface area contributed by atoms with Crippen LogP contribution in [0.25, 0.3) is 0 Å². The van der Waals surface area contributed by atoms with Gasteiger partial charge in [-0.2, -0.15) is 0 Å². The second-order valence-corrected chi connectivity index (χ2v) is 5.41. The fourth-order valence-corrected chi connectivity index (χ4v) is 1.71. The number of nitrogens with two attached hydrogens (primary N) is 1. The van der Waals surface area contributed by atoms with E-state index in [1.165, 1.54) is 0 Å². The molecule has 0 fully saturated rings. The van der Waals surface area contributed by atoms with Crippen molar-refractivity contribution in [3.05, 3.63) is 35.4 Å². The molecule has 0 saturated carbocycles. The van der Waals surface area contributed by atoms with Crippen molar-refractivity contribution in [3.8, 4) is 0 Å². The number of carbonyl (C=O) groups excluding carboxylic acids is 1. The first-order valence-corrected chi connectivity index (χ1v) is 6.45. The Bertz CT molecular complexity index is 413. The Morgan fingerprint density at radius 1 is 1.26 bits per heavy atom. The Hall–Kier alpha value is -1.39. The lowest BCUT2D eigenvalue weighted by atomic mass is 10.0. The maximum Gasteiger partial charge on any atom is 0.225 e. The first kappa shape index (κ1) is 15.7. The smallest absolute Gasteiger partial charge is 0.225 e. The quantitative estimate of drug-likeness (QED) is 0.854. The molecule has 1 aromatic rings. The zero-order valence-electron chi connectivity index (χ0n) is 12.3. The molecule has 1 amide bonds. The van der Waals surface area contributed by atoms with Crippen molar-refractivity contribution in [2.45, 2.75) is 39.0 Å². The van der Waals surface area contributed by atoms with E-state index in [0.717, 1.165) is 11.1 Å². The average Bonchev–Trinajstić information content (AvgIpc) is 2.39. The lowest BCUT2D eigenvalue weighted by Crippen LogP contribution is -2.34. The Labute approximate surface area is 115 Å². The van der Waals surface area contributed by atoms with Gasteiger partial charge >= 0.3 is 0 Å². The molecule has 0 radical (unpaired) electrons. The SMILES string of the molecule is COC(C)(C)CC(=O)N(C)Cc1ccc(CN)cc1. The van der Waals surface area contributed by atoms with E-state index < -0.39 is 5.60 Å². The summed E-state index contributed by atoms with van der Waals surface area (Å²) in [5.41, 5.74) is 7.33. The van der Waals surface area contributed by atoms with E-state index >= 15 is 0 Å². The standard InChI is InChI=1S/C15H24N2O2/c1-15(2,19-4)9-14(18)17(3)11-13-7-5-12(10-16)6-8-13/h5-8H,9-11,16H2,1-4H3. The van der Waals surface area contributed by atoms with Crippen LogP contribution in [0.1, 0.15) is 31.4 Å². The maximum atomic E-state index is 12.1. The van der Waals surface area contributed by atoms with Gasteiger partial charge in [0.2, 0.25) is 5.91 Å². The van der Waals surface area contributed by atoms with Crippen LogP contribution in [0.15, 0.2) is 24.3 Å². The number of hydrogen-bond donors (Lipinski definition) is 1. The van der Waals surface area contributed by atoms with Crippen LogP contribution in [-0.4, -0.2) is 30.6 Å².